The van der Waals surface area contributed by atoms with Crippen molar-refractivity contribution in [1.82, 2.24) is 10.3 Å². The van der Waals surface area contributed by atoms with Gasteiger partial charge in [0.1, 0.15) is 5.71 Å². The van der Waals surface area contributed by atoms with Gasteiger partial charge in [0, 0.05) is 37.1 Å². The van der Waals surface area contributed by atoms with Gasteiger partial charge >= 0.3 is 0 Å². The van der Waals surface area contributed by atoms with Crippen molar-refractivity contribution in [2.45, 2.75) is 38.5 Å². The van der Waals surface area contributed by atoms with Crippen molar-refractivity contribution in [1.29, 1.82) is 0 Å². The number of pyridine rings is 1. The average molecular weight is 382 g/mol. The Hall–Kier alpha value is -3.22. The molecule has 0 atom stereocenters. The summed E-state index contributed by atoms with van der Waals surface area (Å²) >= 11 is 0. The van der Waals surface area contributed by atoms with E-state index in [-0.39, 0.29) is 17.5 Å². The number of oxime groups is 1. The molecule has 0 aliphatic rings. The van der Waals surface area contributed by atoms with Crippen molar-refractivity contribution in [3.63, 3.8) is 0 Å². The summed E-state index contributed by atoms with van der Waals surface area (Å²) in [6.45, 7) is 0. The van der Waals surface area contributed by atoms with Gasteiger partial charge in [0.05, 0.1) is 0 Å². The molecule has 3 N–H and O–H groups in total. The van der Waals surface area contributed by atoms with Crippen LogP contribution in [0.4, 0.5) is 5.69 Å². The van der Waals surface area contributed by atoms with E-state index < -0.39 is 0 Å². The number of anilines is 1. The van der Waals surface area contributed by atoms with E-state index in [1.165, 1.54) is 7.05 Å². The summed E-state index contributed by atoms with van der Waals surface area (Å²) in [6.07, 6.45) is 7.61. The third kappa shape index (κ3) is 6.83. The molecule has 0 aliphatic carbocycles. The number of unbranched alkanes of at least 4 members (excludes halogenated alkanes) is 3. The van der Waals surface area contributed by atoms with E-state index in [2.05, 4.69) is 20.8 Å². The van der Waals surface area contributed by atoms with E-state index in [1.54, 1.807) is 12.4 Å². The van der Waals surface area contributed by atoms with Crippen molar-refractivity contribution in [3.8, 4) is 11.1 Å². The highest BCUT2D eigenvalue weighted by Crippen LogP contribution is 2.21. The van der Waals surface area contributed by atoms with Crippen molar-refractivity contribution < 1.29 is 14.8 Å². The zero-order chi connectivity index (χ0) is 20.2. The summed E-state index contributed by atoms with van der Waals surface area (Å²) < 4.78 is 0. The predicted molar refractivity (Wildman–Crippen MR) is 109 cm³/mol. The van der Waals surface area contributed by atoms with Crippen LogP contribution in [-0.4, -0.2) is 34.8 Å². The molecule has 0 fully saturated rings. The van der Waals surface area contributed by atoms with Gasteiger partial charge in [0.2, 0.25) is 5.91 Å². The summed E-state index contributed by atoms with van der Waals surface area (Å²) in [7, 11) is 1.50. The van der Waals surface area contributed by atoms with E-state index in [1.807, 2.05) is 36.4 Å². The number of amides is 2. The van der Waals surface area contributed by atoms with Crippen LogP contribution in [0.25, 0.3) is 11.1 Å². The molecule has 0 radical (unpaired) electrons. The SMILES string of the molecule is CNC(=O)/C(CCCCCCC(=O)Nc1cccc(-c2cccnc2)c1)=N\O. The van der Waals surface area contributed by atoms with Gasteiger partial charge in [-0.2, -0.15) is 0 Å². The van der Waals surface area contributed by atoms with Crippen molar-refractivity contribution in [2.24, 2.45) is 5.16 Å². The van der Waals surface area contributed by atoms with Crippen molar-refractivity contribution >= 4 is 23.2 Å². The maximum atomic E-state index is 12.1. The molecule has 0 unspecified atom stereocenters. The Labute approximate surface area is 164 Å². The fourth-order valence-electron chi connectivity index (χ4n) is 2.82. The Balaban J connectivity index is 1.70. The van der Waals surface area contributed by atoms with Gasteiger partial charge in [-0.25, -0.2) is 0 Å². The van der Waals surface area contributed by atoms with Crippen LogP contribution in [0.5, 0.6) is 0 Å². The first-order valence-electron chi connectivity index (χ1n) is 9.37. The third-order valence-corrected chi connectivity index (χ3v) is 4.32. The zero-order valence-electron chi connectivity index (χ0n) is 16.0. The highest BCUT2D eigenvalue weighted by molar-refractivity contribution is 6.38. The lowest BCUT2D eigenvalue weighted by atomic mass is 10.1. The lowest BCUT2D eigenvalue weighted by Crippen LogP contribution is -2.27. The summed E-state index contributed by atoms with van der Waals surface area (Å²) in [5, 5.41) is 17.2. The number of rotatable bonds is 10. The Morgan fingerprint density at radius 2 is 1.79 bits per heavy atom. The fourth-order valence-corrected chi connectivity index (χ4v) is 2.82. The number of carbonyl (C=O) groups is 2. The molecular weight excluding hydrogens is 356 g/mol. The number of carbonyl (C=O) groups excluding carboxylic acids is 2. The Bertz CT molecular complexity index is 806. The van der Waals surface area contributed by atoms with Gasteiger partial charge < -0.3 is 15.8 Å². The minimum Gasteiger partial charge on any atom is -0.410 e. The standard InChI is InChI=1S/C21H26N4O3/c1-22-21(27)19(25-28)11-4-2-3-5-12-20(26)24-18-10-6-8-16(14-18)17-9-7-13-23-15-17/h6-10,13-15,28H,2-5,11-12H2,1H3,(H,22,27)(H,24,26)/b25-19-. The van der Waals surface area contributed by atoms with Gasteiger partial charge in [-0.3, -0.25) is 14.6 Å². The lowest BCUT2D eigenvalue weighted by molar-refractivity contribution is -0.116. The lowest BCUT2D eigenvalue weighted by Gasteiger charge is -2.08. The third-order valence-electron chi connectivity index (χ3n) is 4.32. The topological polar surface area (TPSA) is 104 Å². The second kappa shape index (κ2) is 11.5. The van der Waals surface area contributed by atoms with Crippen molar-refractivity contribution in [3.05, 3.63) is 48.8 Å². The molecule has 2 amide bonds. The van der Waals surface area contributed by atoms with Gasteiger partial charge in [-0.05, 0) is 43.0 Å². The molecule has 0 bridgehead atoms. The van der Waals surface area contributed by atoms with E-state index in [0.29, 0.717) is 12.8 Å². The van der Waals surface area contributed by atoms with E-state index in [0.717, 1.165) is 42.5 Å². The number of hydrogen-bond acceptors (Lipinski definition) is 5. The molecule has 1 aromatic heterocycles. The van der Waals surface area contributed by atoms with E-state index >= 15 is 0 Å². The second-order valence-corrected chi connectivity index (χ2v) is 6.41. The first-order chi connectivity index (χ1) is 13.6. The molecule has 0 saturated heterocycles. The van der Waals surface area contributed by atoms with Crippen LogP contribution in [-0.2, 0) is 9.59 Å². The maximum absolute atomic E-state index is 12.1. The molecule has 1 heterocycles. The number of hydrogen-bond donors (Lipinski definition) is 3. The molecule has 2 rings (SSSR count). The molecule has 0 saturated carbocycles. The van der Waals surface area contributed by atoms with Gasteiger partial charge in [0.15, 0.2) is 0 Å². The smallest absolute Gasteiger partial charge is 0.268 e. The highest BCUT2D eigenvalue weighted by atomic mass is 16.4. The fraction of sp³-hybridized carbons (Fsp3) is 0.333. The highest BCUT2D eigenvalue weighted by Gasteiger charge is 2.09. The van der Waals surface area contributed by atoms with Crippen LogP contribution >= 0.6 is 0 Å². The first kappa shape index (κ1) is 21.1. The van der Waals surface area contributed by atoms with E-state index in [9.17, 15) is 9.59 Å². The molecule has 28 heavy (non-hydrogen) atoms. The van der Waals surface area contributed by atoms with E-state index in [4.69, 9.17) is 5.21 Å². The van der Waals surface area contributed by atoms with Crippen LogP contribution in [0.2, 0.25) is 0 Å². The molecule has 7 nitrogen and oxygen atoms in total. The second-order valence-electron chi connectivity index (χ2n) is 6.41. The summed E-state index contributed by atoms with van der Waals surface area (Å²) in [6, 6.07) is 11.5. The predicted octanol–water partition coefficient (Wildman–Crippen LogP) is 3.60. The minimum atomic E-state index is -0.365. The molecular formula is C21H26N4O3. The summed E-state index contributed by atoms with van der Waals surface area (Å²) in [5.74, 6) is -0.387. The Morgan fingerprint density at radius 1 is 1.04 bits per heavy atom. The molecule has 2 aromatic rings. The number of nitrogens with zero attached hydrogens (tertiary/aromatic N) is 2. The first-order valence-corrected chi connectivity index (χ1v) is 9.37. The van der Waals surface area contributed by atoms with Crippen LogP contribution in [0.3, 0.4) is 0 Å². The summed E-state index contributed by atoms with van der Waals surface area (Å²) in [5.41, 5.74) is 2.90. The number of aromatic nitrogens is 1. The average Bonchev–Trinajstić information content (AvgIpc) is 2.73. The molecule has 148 valence electrons. The van der Waals surface area contributed by atoms with Crippen molar-refractivity contribution in [2.75, 3.05) is 12.4 Å². The van der Waals surface area contributed by atoms with Crippen LogP contribution in [0, 0.1) is 0 Å². The molecule has 0 spiro atoms. The maximum Gasteiger partial charge on any atom is 0.268 e. The molecule has 1 aromatic carbocycles. The van der Waals surface area contributed by atoms with Crippen LogP contribution < -0.4 is 10.6 Å². The molecule has 0 aliphatic heterocycles. The quantitative estimate of drug-likeness (QED) is 0.253. The molecule has 7 heteroatoms. The monoisotopic (exact) mass is 382 g/mol. The van der Waals surface area contributed by atoms with Crippen LogP contribution in [0.1, 0.15) is 38.5 Å². The number of benzene rings is 1. The Morgan fingerprint density at radius 3 is 2.46 bits per heavy atom. The van der Waals surface area contributed by atoms with Crippen LogP contribution in [0.15, 0.2) is 53.9 Å². The van der Waals surface area contributed by atoms with Gasteiger partial charge in [-0.1, -0.05) is 36.2 Å². The van der Waals surface area contributed by atoms with Gasteiger partial charge in [0.25, 0.3) is 5.91 Å². The zero-order valence-corrected chi connectivity index (χ0v) is 16.0. The summed E-state index contributed by atoms with van der Waals surface area (Å²) in [4.78, 5) is 27.6. The Kier molecular flexibility index (Phi) is 8.65. The number of nitrogens with one attached hydrogen (secondary N) is 2. The largest absolute Gasteiger partial charge is 0.410 e. The minimum absolute atomic E-state index is 0.0219. The normalized spacial score (nSPS) is 11.1. The van der Waals surface area contributed by atoms with Gasteiger partial charge in [-0.15, -0.1) is 0 Å².